The molecule has 0 unspecified atom stereocenters. The summed E-state index contributed by atoms with van der Waals surface area (Å²) in [7, 11) is 0. The quantitative estimate of drug-likeness (QED) is 0.140. The molecule has 6 aromatic rings. The third-order valence-corrected chi connectivity index (χ3v) is 7.90. The topological polar surface area (TPSA) is 44.2 Å². The Kier molecular flexibility index (Phi) is 6.12. The molecule has 1 radical (unpaired) electrons. The molecule has 0 fully saturated rings. The number of pyridine rings is 2. The van der Waals surface area contributed by atoms with Gasteiger partial charge in [0.2, 0.25) is 6.71 Å². The summed E-state index contributed by atoms with van der Waals surface area (Å²) >= 11 is 0. The standard InChI is InChI=1S/C27H19BNO2.C12H10N.Ir/c1-3-11-21-17(7-1)15-16-22(29-21)18-8-5-10-20-27(18)31-25-14-6-13-24-26(25)28(20)19-9-2-4-12-23(19)30-24;1-10-7-8-12(13-9-10)11-5-3-2-4-6-11;/h2,4-6,9-10,12-16H,1,3,7,11H2;2-5,7-9H,1H3;/q2*-1;/i7D2,11D2;1D3;. The number of hydrogen-bond acceptors (Lipinski definition) is 4. The second-order valence-electron chi connectivity index (χ2n) is 10.6. The molecular formula is C39H29BIrN2O2-2. The van der Waals surface area contributed by atoms with Crippen LogP contribution in [0, 0.1) is 19.0 Å². The van der Waals surface area contributed by atoms with Gasteiger partial charge in [-0.3, -0.25) is 0 Å². The van der Waals surface area contributed by atoms with Crippen LogP contribution >= 0.6 is 0 Å². The Morgan fingerprint density at radius 2 is 1.58 bits per heavy atom. The van der Waals surface area contributed by atoms with Gasteiger partial charge in [-0.15, -0.1) is 59.6 Å². The summed E-state index contributed by atoms with van der Waals surface area (Å²) in [5.41, 5.74) is 6.47. The molecule has 4 nitrogen and oxygen atoms in total. The molecule has 221 valence electrons. The first kappa shape index (κ1) is 22.1. The molecule has 0 saturated heterocycles. The van der Waals surface area contributed by atoms with E-state index in [9.17, 15) is 0 Å². The molecule has 0 bridgehead atoms. The molecule has 3 aliphatic rings. The van der Waals surface area contributed by atoms with Crippen molar-refractivity contribution in [2.45, 2.75) is 32.4 Å². The molecule has 45 heavy (non-hydrogen) atoms. The number of aromatic nitrogens is 2. The maximum Gasteiger partial charge on any atom is 0.241 e. The van der Waals surface area contributed by atoms with Gasteiger partial charge in [0.25, 0.3) is 0 Å². The summed E-state index contributed by atoms with van der Waals surface area (Å²) in [6.45, 7) is -2.17. The van der Waals surface area contributed by atoms with Crippen LogP contribution in [-0.2, 0) is 32.9 Å². The Morgan fingerprint density at radius 3 is 2.42 bits per heavy atom. The van der Waals surface area contributed by atoms with Crippen molar-refractivity contribution >= 4 is 23.1 Å². The number of rotatable bonds is 2. The number of fused-ring (bicyclic) bond motifs is 5. The first-order valence-corrected chi connectivity index (χ1v) is 14.5. The number of para-hydroxylation sites is 1. The van der Waals surface area contributed by atoms with Crippen molar-refractivity contribution in [3.8, 4) is 45.5 Å². The first-order chi connectivity index (χ1) is 24.4. The summed E-state index contributed by atoms with van der Waals surface area (Å²) in [4.78, 5) is 8.80. The summed E-state index contributed by atoms with van der Waals surface area (Å²) in [6.07, 6.45) is -1.70. The molecule has 9 rings (SSSR count). The van der Waals surface area contributed by atoms with E-state index in [1.807, 2.05) is 66.7 Å². The van der Waals surface area contributed by atoms with Gasteiger partial charge in [-0.05, 0) is 78.6 Å². The Hall–Kier alpha value is -4.51. The third-order valence-electron chi connectivity index (χ3n) is 7.90. The van der Waals surface area contributed by atoms with Crippen molar-refractivity contribution < 1.29 is 39.2 Å². The van der Waals surface area contributed by atoms with Crippen LogP contribution in [0.2, 0.25) is 0 Å². The van der Waals surface area contributed by atoms with Crippen molar-refractivity contribution in [2.75, 3.05) is 0 Å². The van der Waals surface area contributed by atoms with Crippen LogP contribution in [0.4, 0.5) is 0 Å². The normalized spacial score (nSPS) is 18.0. The van der Waals surface area contributed by atoms with Gasteiger partial charge in [0, 0.05) is 52.8 Å². The third kappa shape index (κ3) is 5.50. The number of nitrogens with zero attached hydrogens (tertiary/aromatic N) is 2. The molecule has 4 aromatic carbocycles. The van der Waals surface area contributed by atoms with Crippen LogP contribution in [0.25, 0.3) is 22.5 Å². The van der Waals surface area contributed by atoms with E-state index in [4.69, 9.17) is 19.1 Å². The average Bonchev–Trinajstić information content (AvgIpc) is 3.13. The fourth-order valence-corrected chi connectivity index (χ4v) is 5.89. The summed E-state index contributed by atoms with van der Waals surface area (Å²) in [6, 6.07) is 38.1. The Morgan fingerprint density at radius 1 is 0.756 bits per heavy atom. The van der Waals surface area contributed by atoms with Crippen molar-refractivity contribution in [3.63, 3.8) is 0 Å². The van der Waals surface area contributed by atoms with E-state index >= 15 is 0 Å². The van der Waals surface area contributed by atoms with Crippen LogP contribution in [0.15, 0.2) is 109 Å². The first-order valence-electron chi connectivity index (χ1n) is 18.0. The van der Waals surface area contributed by atoms with E-state index < -0.39 is 19.6 Å². The Labute approximate surface area is 287 Å². The molecule has 0 atom stereocenters. The van der Waals surface area contributed by atoms with Gasteiger partial charge in [0.15, 0.2) is 0 Å². The maximum atomic E-state index is 8.49. The van der Waals surface area contributed by atoms with E-state index in [0.717, 1.165) is 39.1 Å². The van der Waals surface area contributed by atoms with E-state index in [-0.39, 0.29) is 50.9 Å². The number of ether oxygens (including phenoxy) is 2. The Balaban J connectivity index is 0.000000209. The molecule has 6 heteroatoms. The summed E-state index contributed by atoms with van der Waals surface area (Å²) < 4.78 is 68.0. The van der Waals surface area contributed by atoms with Gasteiger partial charge in [-0.25, -0.2) is 0 Å². The van der Waals surface area contributed by atoms with Gasteiger partial charge >= 0.3 is 0 Å². The molecule has 2 aliphatic heterocycles. The van der Waals surface area contributed by atoms with Crippen LogP contribution in [0.1, 0.15) is 39.3 Å². The van der Waals surface area contributed by atoms with Crippen molar-refractivity contribution in [1.82, 2.24) is 9.97 Å². The fourth-order valence-electron chi connectivity index (χ4n) is 5.89. The van der Waals surface area contributed by atoms with Crippen LogP contribution < -0.4 is 25.9 Å². The van der Waals surface area contributed by atoms with E-state index in [1.165, 1.54) is 6.20 Å². The molecule has 0 N–H and O–H groups in total. The summed E-state index contributed by atoms with van der Waals surface area (Å²) in [5.74, 6) is 2.92. The largest absolute Gasteiger partial charge is 0.503 e. The maximum absolute atomic E-state index is 8.49. The summed E-state index contributed by atoms with van der Waals surface area (Å²) in [5, 5.41) is 0. The monoisotopic (exact) mass is 768 g/mol. The minimum atomic E-state index is -2.09. The molecule has 2 aromatic heterocycles. The van der Waals surface area contributed by atoms with Gasteiger partial charge in [-0.1, -0.05) is 54.1 Å². The Bertz CT molecular complexity index is 2290. The molecule has 0 saturated carbocycles. The number of benzene rings is 4. The molecule has 1 aliphatic carbocycles. The van der Waals surface area contributed by atoms with Gasteiger partial charge in [0.05, 0.1) is 0 Å². The number of aryl methyl sites for hydroxylation is 3. The van der Waals surface area contributed by atoms with Gasteiger partial charge in [0.1, 0.15) is 17.2 Å². The predicted molar refractivity (Wildman–Crippen MR) is 176 cm³/mol. The molecular weight excluding hydrogens is 731 g/mol. The second-order valence-corrected chi connectivity index (χ2v) is 10.6. The predicted octanol–water partition coefficient (Wildman–Crippen LogP) is 7.01. The number of hydrogen-bond donors (Lipinski definition) is 0. The van der Waals surface area contributed by atoms with Crippen molar-refractivity contribution in [3.05, 3.63) is 138 Å². The van der Waals surface area contributed by atoms with Crippen LogP contribution in [0.3, 0.4) is 0 Å². The zero-order valence-electron chi connectivity index (χ0n) is 30.9. The zero-order chi connectivity index (χ0) is 35.5. The molecule has 0 spiro atoms. The van der Waals surface area contributed by atoms with Crippen molar-refractivity contribution in [2.24, 2.45) is 0 Å². The average molecular weight is 768 g/mol. The van der Waals surface area contributed by atoms with Gasteiger partial charge in [-0.2, -0.15) is 0 Å². The minimum Gasteiger partial charge on any atom is -0.503 e. The zero-order valence-corrected chi connectivity index (χ0v) is 26.3. The second kappa shape index (κ2) is 12.5. The molecule has 4 heterocycles. The van der Waals surface area contributed by atoms with Crippen molar-refractivity contribution in [1.29, 1.82) is 0 Å². The van der Waals surface area contributed by atoms with Crippen LogP contribution in [-0.4, -0.2) is 16.7 Å². The molecule has 0 amide bonds. The smallest absolute Gasteiger partial charge is 0.241 e. The van der Waals surface area contributed by atoms with E-state index in [2.05, 4.69) is 28.2 Å². The fraction of sp³-hybridized carbons (Fsp3) is 0.128. The van der Waals surface area contributed by atoms with Crippen LogP contribution in [0.5, 0.6) is 23.0 Å². The minimum absolute atomic E-state index is 0. The SMILES string of the molecule is [2H]C([2H])([2H])c1ccc(-c2[c-]cccc2)nc1.[2H]C1([2H])CCC([2H])([2H])c2nc(-c3[c-]ccc4c3Oc3cccc5c3B4c3ccccc3O5)ccc21.[Ir]. The van der Waals surface area contributed by atoms with E-state index in [1.54, 1.807) is 30.3 Å². The van der Waals surface area contributed by atoms with Gasteiger partial charge < -0.3 is 19.4 Å². The van der Waals surface area contributed by atoms with E-state index in [0.29, 0.717) is 28.3 Å².